The highest BCUT2D eigenvalue weighted by molar-refractivity contribution is 6.29. The standard InChI is InChI=1S/C32H37ClN6O2/c1-22-19-29(33)36-24(3)30(22)31(40)35-16-13-23(2)38-17-14-28(15-18-38)39(21-26-7-5-4-6-8-26)32(41)37-27-11-9-25(20-34)10-12-27/h4-12,19,23,28H,13-18,21H2,1-3H3,(H,35,40)(H,37,41)/t23-/m1/s1. The fraction of sp³-hybridized carbons (Fsp3) is 0.375. The Morgan fingerprint density at radius 1 is 1.12 bits per heavy atom. The van der Waals surface area contributed by atoms with Crippen molar-refractivity contribution in [1.82, 2.24) is 20.1 Å². The van der Waals surface area contributed by atoms with Crippen molar-refractivity contribution in [2.75, 3.05) is 25.0 Å². The third-order valence-corrected chi connectivity index (χ3v) is 7.92. The number of piperidine rings is 1. The number of pyridine rings is 1. The zero-order valence-corrected chi connectivity index (χ0v) is 24.6. The Morgan fingerprint density at radius 2 is 1.80 bits per heavy atom. The molecule has 2 aromatic carbocycles. The van der Waals surface area contributed by atoms with E-state index in [-0.39, 0.29) is 24.0 Å². The smallest absolute Gasteiger partial charge is 0.322 e. The van der Waals surface area contributed by atoms with E-state index in [1.54, 1.807) is 37.3 Å². The van der Waals surface area contributed by atoms with E-state index in [4.69, 9.17) is 16.9 Å². The highest BCUT2D eigenvalue weighted by Gasteiger charge is 2.30. The van der Waals surface area contributed by atoms with Gasteiger partial charge in [-0.3, -0.25) is 4.79 Å². The molecule has 1 atom stereocenters. The molecule has 41 heavy (non-hydrogen) atoms. The summed E-state index contributed by atoms with van der Waals surface area (Å²) in [5.74, 6) is -0.125. The predicted molar refractivity (Wildman–Crippen MR) is 162 cm³/mol. The number of carbonyl (C=O) groups excluding carboxylic acids is 2. The zero-order valence-electron chi connectivity index (χ0n) is 23.9. The molecule has 1 fully saturated rings. The fourth-order valence-corrected chi connectivity index (χ4v) is 5.69. The Hall–Kier alpha value is -3.93. The number of hydrogen-bond donors (Lipinski definition) is 2. The summed E-state index contributed by atoms with van der Waals surface area (Å²) < 4.78 is 0. The van der Waals surface area contributed by atoms with Crippen LogP contribution in [0.1, 0.15) is 58.9 Å². The molecule has 1 saturated heterocycles. The summed E-state index contributed by atoms with van der Waals surface area (Å²) in [4.78, 5) is 34.8. The molecule has 3 aromatic rings. The van der Waals surface area contributed by atoms with E-state index in [2.05, 4.69) is 33.5 Å². The second kappa shape index (κ2) is 14.1. The van der Waals surface area contributed by atoms with Gasteiger partial charge in [-0.05, 0) is 81.5 Å². The molecule has 0 spiro atoms. The zero-order chi connectivity index (χ0) is 29.4. The topological polar surface area (TPSA) is 101 Å². The van der Waals surface area contributed by atoms with E-state index in [0.717, 1.165) is 43.5 Å². The van der Waals surface area contributed by atoms with Crippen LogP contribution in [0.2, 0.25) is 5.15 Å². The monoisotopic (exact) mass is 572 g/mol. The predicted octanol–water partition coefficient (Wildman–Crippen LogP) is 5.93. The molecule has 1 aromatic heterocycles. The van der Waals surface area contributed by atoms with Crippen LogP contribution in [0.5, 0.6) is 0 Å². The second-order valence-electron chi connectivity index (χ2n) is 10.6. The Bertz CT molecular complexity index is 1360. The van der Waals surface area contributed by atoms with Crippen LogP contribution >= 0.6 is 11.6 Å². The first-order chi connectivity index (χ1) is 19.7. The van der Waals surface area contributed by atoms with Gasteiger partial charge >= 0.3 is 6.03 Å². The second-order valence-corrected chi connectivity index (χ2v) is 11.0. The molecule has 1 aliphatic heterocycles. The number of amides is 3. The Labute approximate surface area is 247 Å². The number of likely N-dealkylation sites (tertiary alicyclic amines) is 1. The number of aryl methyl sites for hydroxylation is 2. The first-order valence-corrected chi connectivity index (χ1v) is 14.4. The van der Waals surface area contributed by atoms with Crippen molar-refractivity contribution in [3.63, 3.8) is 0 Å². The molecule has 8 nitrogen and oxygen atoms in total. The normalized spacial score (nSPS) is 14.6. The molecule has 0 aliphatic carbocycles. The van der Waals surface area contributed by atoms with Crippen LogP contribution in [0.25, 0.3) is 0 Å². The van der Waals surface area contributed by atoms with Crippen LogP contribution in [-0.2, 0) is 6.54 Å². The number of nitrogens with zero attached hydrogens (tertiary/aromatic N) is 4. The Morgan fingerprint density at radius 3 is 2.44 bits per heavy atom. The van der Waals surface area contributed by atoms with Crippen molar-refractivity contribution < 1.29 is 9.59 Å². The molecule has 2 N–H and O–H groups in total. The van der Waals surface area contributed by atoms with E-state index in [1.807, 2.05) is 42.2 Å². The largest absolute Gasteiger partial charge is 0.352 e. The summed E-state index contributed by atoms with van der Waals surface area (Å²) >= 11 is 6.01. The molecular formula is C32H37ClN6O2. The number of nitrogens with one attached hydrogen (secondary N) is 2. The van der Waals surface area contributed by atoms with E-state index in [0.29, 0.717) is 40.8 Å². The molecule has 0 radical (unpaired) electrons. The highest BCUT2D eigenvalue weighted by Crippen LogP contribution is 2.23. The highest BCUT2D eigenvalue weighted by atomic mass is 35.5. The lowest BCUT2D eigenvalue weighted by molar-refractivity contribution is 0.0918. The van der Waals surface area contributed by atoms with Crippen LogP contribution in [0.3, 0.4) is 0 Å². The van der Waals surface area contributed by atoms with Crippen molar-refractivity contribution in [2.24, 2.45) is 0 Å². The number of aromatic nitrogens is 1. The van der Waals surface area contributed by atoms with Crippen LogP contribution in [0.4, 0.5) is 10.5 Å². The first-order valence-electron chi connectivity index (χ1n) is 14.0. The van der Waals surface area contributed by atoms with E-state index < -0.39 is 0 Å². The molecule has 2 heterocycles. The van der Waals surface area contributed by atoms with Crippen LogP contribution in [-0.4, -0.2) is 58.4 Å². The third kappa shape index (κ3) is 8.06. The van der Waals surface area contributed by atoms with Crippen molar-refractivity contribution >= 4 is 29.2 Å². The average molecular weight is 573 g/mol. The minimum Gasteiger partial charge on any atom is -0.352 e. The lowest BCUT2D eigenvalue weighted by Gasteiger charge is -2.40. The van der Waals surface area contributed by atoms with Gasteiger partial charge in [-0.2, -0.15) is 5.26 Å². The molecule has 214 valence electrons. The van der Waals surface area contributed by atoms with Crippen molar-refractivity contribution in [2.45, 2.75) is 58.7 Å². The van der Waals surface area contributed by atoms with Gasteiger partial charge in [-0.25, -0.2) is 9.78 Å². The van der Waals surface area contributed by atoms with Gasteiger partial charge in [0.1, 0.15) is 5.15 Å². The number of carbonyl (C=O) groups is 2. The van der Waals surface area contributed by atoms with Gasteiger partial charge in [0.2, 0.25) is 0 Å². The lowest BCUT2D eigenvalue weighted by Crippen LogP contribution is -2.50. The van der Waals surface area contributed by atoms with Crippen molar-refractivity contribution in [3.8, 4) is 6.07 Å². The van der Waals surface area contributed by atoms with E-state index >= 15 is 0 Å². The molecule has 3 amide bonds. The quantitative estimate of drug-likeness (QED) is 0.309. The Kier molecular flexibility index (Phi) is 10.3. The number of rotatable bonds is 9. The van der Waals surface area contributed by atoms with Gasteiger partial charge in [0, 0.05) is 44.0 Å². The van der Waals surface area contributed by atoms with Gasteiger partial charge < -0.3 is 20.4 Å². The minimum absolute atomic E-state index is 0.0973. The molecular weight excluding hydrogens is 536 g/mol. The summed E-state index contributed by atoms with van der Waals surface area (Å²) in [6.45, 7) is 8.68. The Balaban J connectivity index is 1.32. The summed E-state index contributed by atoms with van der Waals surface area (Å²) in [5.41, 5.74) is 4.33. The van der Waals surface area contributed by atoms with Gasteiger partial charge in [0.25, 0.3) is 5.91 Å². The van der Waals surface area contributed by atoms with Crippen LogP contribution in [0.15, 0.2) is 60.7 Å². The molecule has 0 saturated carbocycles. The number of halogens is 1. The van der Waals surface area contributed by atoms with E-state index in [1.165, 1.54) is 0 Å². The maximum atomic E-state index is 13.5. The van der Waals surface area contributed by atoms with E-state index in [9.17, 15) is 9.59 Å². The average Bonchev–Trinajstić information content (AvgIpc) is 2.96. The van der Waals surface area contributed by atoms with Gasteiger partial charge in [0.05, 0.1) is 22.9 Å². The number of nitriles is 1. The summed E-state index contributed by atoms with van der Waals surface area (Å²) in [7, 11) is 0. The fourth-order valence-electron chi connectivity index (χ4n) is 5.40. The van der Waals surface area contributed by atoms with Crippen molar-refractivity contribution in [1.29, 1.82) is 5.26 Å². The summed E-state index contributed by atoms with van der Waals surface area (Å²) in [5, 5.41) is 15.5. The van der Waals surface area contributed by atoms with Gasteiger partial charge in [0.15, 0.2) is 0 Å². The van der Waals surface area contributed by atoms with Crippen molar-refractivity contribution in [3.05, 3.63) is 93.8 Å². The number of hydrogen-bond acceptors (Lipinski definition) is 5. The molecule has 0 unspecified atom stereocenters. The number of anilines is 1. The van der Waals surface area contributed by atoms with Crippen LogP contribution < -0.4 is 10.6 Å². The molecule has 0 bridgehead atoms. The minimum atomic E-state index is -0.143. The molecule has 1 aliphatic rings. The third-order valence-electron chi connectivity index (χ3n) is 7.73. The summed E-state index contributed by atoms with van der Waals surface area (Å²) in [6.07, 6.45) is 2.54. The maximum Gasteiger partial charge on any atom is 0.322 e. The van der Waals surface area contributed by atoms with Gasteiger partial charge in [-0.15, -0.1) is 0 Å². The maximum absolute atomic E-state index is 13.5. The van der Waals surface area contributed by atoms with Gasteiger partial charge in [-0.1, -0.05) is 41.9 Å². The molecule has 9 heteroatoms. The SMILES string of the molecule is Cc1cc(Cl)nc(C)c1C(=O)NCC[C@@H](C)N1CCC(N(Cc2ccccc2)C(=O)Nc2ccc(C#N)cc2)CC1. The summed E-state index contributed by atoms with van der Waals surface area (Å²) in [6, 6.07) is 21.0. The lowest BCUT2D eigenvalue weighted by atomic mass is 10.00. The molecule has 4 rings (SSSR count). The number of benzene rings is 2. The number of urea groups is 1. The first kappa shape index (κ1) is 30.0. The van der Waals surface area contributed by atoms with Crippen LogP contribution in [0, 0.1) is 25.2 Å².